The van der Waals surface area contributed by atoms with Crippen molar-refractivity contribution in [2.24, 2.45) is 11.8 Å². The van der Waals surface area contributed by atoms with Crippen LogP contribution in [-0.2, 0) is 24.7 Å². The molecule has 2 fully saturated rings. The first-order chi connectivity index (χ1) is 14.9. The second-order valence-electron chi connectivity index (χ2n) is 8.22. The first-order valence-electron chi connectivity index (χ1n) is 10.2. The van der Waals surface area contributed by atoms with Crippen LogP contribution in [-0.4, -0.2) is 41.9 Å². The highest BCUT2D eigenvalue weighted by Crippen LogP contribution is 2.55. The normalized spacial score (nSPS) is 29.1. The lowest BCUT2D eigenvalue weighted by Gasteiger charge is -2.30. The lowest BCUT2D eigenvalue weighted by molar-refractivity contribution is -0.137. The van der Waals surface area contributed by atoms with Gasteiger partial charge in [0.2, 0.25) is 11.8 Å². The molecule has 8 nitrogen and oxygen atoms in total. The number of likely N-dealkylation sites (N-methyl/N-ethyl adjacent to an activating group) is 1. The Hall–Kier alpha value is -3.52. The average Bonchev–Trinajstić information content (AvgIpc) is 3.32. The fourth-order valence-corrected chi connectivity index (χ4v) is 5.41. The predicted octanol–water partition coefficient (Wildman–Crippen LogP) is 1.50. The van der Waals surface area contributed by atoms with Crippen molar-refractivity contribution in [1.82, 2.24) is 5.32 Å². The first-order valence-corrected chi connectivity index (χ1v) is 10.2. The third kappa shape index (κ3) is 2.51. The number of hydrogen-bond acceptors (Lipinski definition) is 5. The molecule has 0 aromatic heterocycles. The summed E-state index contributed by atoms with van der Waals surface area (Å²) in [5.41, 5.74) is 0.378. The molecular weight excluding hydrogens is 398 g/mol. The fourth-order valence-electron chi connectivity index (χ4n) is 5.41. The number of carboxylic acids is 1. The molecule has 2 N–H and O–H groups in total. The lowest BCUT2D eigenvalue weighted by atomic mass is 9.76. The number of imide groups is 1. The summed E-state index contributed by atoms with van der Waals surface area (Å²) in [7, 11) is 1.65. The van der Waals surface area contributed by atoms with Crippen LogP contribution >= 0.6 is 0 Å². The second kappa shape index (κ2) is 6.75. The number of carboxylic acid groups (broad SMARTS) is 1. The summed E-state index contributed by atoms with van der Waals surface area (Å²) >= 11 is 0. The zero-order chi connectivity index (χ0) is 21.9. The third-order valence-electron chi connectivity index (χ3n) is 6.68. The molecule has 2 saturated heterocycles. The maximum absolute atomic E-state index is 13.7. The van der Waals surface area contributed by atoms with Gasteiger partial charge < -0.3 is 10.0 Å². The molecule has 0 radical (unpaired) electrons. The number of anilines is 2. The summed E-state index contributed by atoms with van der Waals surface area (Å²) in [6.07, 6.45) is -0.0332. The quantitative estimate of drug-likeness (QED) is 0.728. The zero-order valence-electron chi connectivity index (χ0n) is 16.8. The Kier molecular flexibility index (Phi) is 4.23. The Morgan fingerprint density at radius 1 is 1.03 bits per heavy atom. The highest BCUT2D eigenvalue weighted by Gasteiger charge is 2.71. The molecule has 3 heterocycles. The van der Waals surface area contributed by atoms with Crippen LogP contribution in [0.25, 0.3) is 0 Å². The fraction of sp³-hybridized carbons (Fsp3) is 0.304. The molecule has 1 spiro atoms. The molecular formula is C23H21N3O5. The topological polar surface area (TPSA) is 107 Å². The van der Waals surface area contributed by atoms with E-state index in [-0.39, 0.29) is 18.7 Å². The number of carbonyl (C=O) groups is 4. The highest BCUT2D eigenvalue weighted by molar-refractivity contribution is 6.26. The second-order valence-corrected chi connectivity index (χ2v) is 8.22. The summed E-state index contributed by atoms with van der Waals surface area (Å²) in [4.78, 5) is 54.6. The van der Waals surface area contributed by atoms with E-state index in [1.807, 2.05) is 6.07 Å². The van der Waals surface area contributed by atoms with Gasteiger partial charge in [-0.3, -0.25) is 24.5 Å². The maximum atomic E-state index is 13.7. The molecule has 2 aromatic rings. The SMILES string of the molecule is CN1C(=O)[C@]2(N[C@H](CCC(=O)O)[C@@H]3C(=O)N(c4ccccc4)C(=O)[C@@H]32)c2ccccc21. The predicted molar refractivity (Wildman–Crippen MR) is 111 cm³/mol. The Balaban J connectivity index is 1.67. The van der Waals surface area contributed by atoms with Crippen molar-refractivity contribution < 1.29 is 24.3 Å². The molecule has 0 bridgehead atoms. The molecule has 5 rings (SSSR count). The van der Waals surface area contributed by atoms with Gasteiger partial charge in [0.25, 0.3) is 5.91 Å². The van der Waals surface area contributed by atoms with E-state index in [1.165, 1.54) is 4.90 Å². The number of para-hydroxylation sites is 2. The van der Waals surface area contributed by atoms with E-state index < -0.39 is 41.2 Å². The molecule has 3 amide bonds. The van der Waals surface area contributed by atoms with Crippen LogP contribution in [0.4, 0.5) is 11.4 Å². The van der Waals surface area contributed by atoms with Gasteiger partial charge in [0.1, 0.15) is 5.54 Å². The largest absolute Gasteiger partial charge is 0.481 e. The maximum Gasteiger partial charge on any atom is 0.303 e. The number of benzene rings is 2. The zero-order valence-corrected chi connectivity index (χ0v) is 16.8. The number of rotatable bonds is 4. The van der Waals surface area contributed by atoms with Gasteiger partial charge in [0, 0.05) is 30.8 Å². The molecule has 2 aromatic carbocycles. The molecule has 3 aliphatic rings. The van der Waals surface area contributed by atoms with Crippen LogP contribution in [0.1, 0.15) is 18.4 Å². The van der Waals surface area contributed by atoms with E-state index in [2.05, 4.69) is 5.32 Å². The molecule has 8 heteroatoms. The van der Waals surface area contributed by atoms with Gasteiger partial charge >= 0.3 is 5.97 Å². The summed E-state index contributed by atoms with van der Waals surface area (Å²) in [5, 5.41) is 12.5. The van der Waals surface area contributed by atoms with Gasteiger partial charge in [0.15, 0.2) is 0 Å². The van der Waals surface area contributed by atoms with Gasteiger partial charge in [-0.05, 0) is 24.6 Å². The number of aliphatic carboxylic acids is 1. The minimum atomic E-state index is -1.39. The van der Waals surface area contributed by atoms with Crippen molar-refractivity contribution in [2.45, 2.75) is 24.4 Å². The van der Waals surface area contributed by atoms with E-state index in [0.717, 1.165) is 4.90 Å². The smallest absolute Gasteiger partial charge is 0.303 e. The number of carbonyl (C=O) groups excluding carboxylic acids is 3. The first kappa shape index (κ1) is 19.4. The van der Waals surface area contributed by atoms with Crippen molar-refractivity contribution in [1.29, 1.82) is 0 Å². The molecule has 0 unspecified atom stereocenters. The number of hydrogen-bond donors (Lipinski definition) is 2. The van der Waals surface area contributed by atoms with Crippen molar-refractivity contribution >= 4 is 35.1 Å². The van der Waals surface area contributed by atoms with Crippen molar-refractivity contribution in [3.8, 4) is 0 Å². The van der Waals surface area contributed by atoms with Crippen LogP contribution in [0.3, 0.4) is 0 Å². The van der Waals surface area contributed by atoms with Crippen LogP contribution in [0.2, 0.25) is 0 Å². The average molecular weight is 419 g/mol. The Labute approximate surface area is 178 Å². The van der Waals surface area contributed by atoms with E-state index in [4.69, 9.17) is 0 Å². The minimum Gasteiger partial charge on any atom is -0.481 e. The van der Waals surface area contributed by atoms with Gasteiger partial charge in [-0.15, -0.1) is 0 Å². The highest BCUT2D eigenvalue weighted by atomic mass is 16.4. The molecule has 0 saturated carbocycles. The minimum absolute atomic E-state index is 0.138. The molecule has 31 heavy (non-hydrogen) atoms. The van der Waals surface area contributed by atoms with Crippen LogP contribution < -0.4 is 15.1 Å². The van der Waals surface area contributed by atoms with Crippen LogP contribution in [0.5, 0.6) is 0 Å². The van der Waals surface area contributed by atoms with Crippen molar-refractivity contribution in [2.75, 3.05) is 16.8 Å². The number of amides is 3. The Morgan fingerprint density at radius 2 is 1.71 bits per heavy atom. The van der Waals surface area contributed by atoms with Crippen molar-refractivity contribution in [3.63, 3.8) is 0 Å². The summed E-state index contributed by atoms with van der Waals surface area (Å²) in [6.45, 7) is 0. The van der Waals surface area contributed by atoms with Gasteiger partial charge in [-0.2, -0.15) is 0 Å². The molecule has 4 atom stereocenters. The lowest BCUT2D eigenvalue weighted by Crippen LogP contribution is -2.54. The van der Waals surface area contributed by atoms with Crippen molar-refractivity contribution in [3.05, 3.63) is 60.2 Å². The van der Waals surface area contributed by atoms with E-state index >= 15 is 0 Å². The summed E-state index contributed by atoms with van der Waals surface area (Å²) < 4.78 is 0. The summed E-state index contributed by atoms with van der Waals surface area (Å²) in [6, 6.07) is 15.2. The molecule has 0 aliphatic carbocycles. The third-order valence-corrected chi connectivity index (χ3v) is 6.68. The summed E-state index contributed by atoms with van der Waals surface area (Å²) in [5.74, 6) is -3.91. The van der Waals surface area contributed by atoms with Crippen LogP contribution in [0, 0.1) is 11.8 Å². The molecule has 158 valence electrons. The number of fused-ring (bicyclic) bond motifs is 4. The van der Waals surface area contributed by atoms with Gasteiger partial charge in [-0.25, -0.2) is 4.90 Å². The van der Waals surface area contributed by atoms with Gasteiger partial charge in [0.05, 0.1) is 17.5 Å². The Morgan fingerprint density at radius 3 is 2.42 bits per heavy atom. The van der Waals surface area contributed by atoms with Gasteiger partial charge in [-0.1, -0.05) is 36.4 Å². The Bertz CT molecular complexity index is 1120. The van der Waals surface area contributed by atoms with Crippen LogP contribution in [0.15, 0.2) is 54.6 Å². The standard InChI is InChI=1S/C23H21N3O5/c1-25-16-10-6-5-9-14(16)23(22(25)31)19-18(15(24-23)11-12-17(27)28)20(29)26(21(19)30)13-7-3-2-4-8-13/h2-10,15,18-19,24H,11-12H2,1H3,(H,27,28)/t15-,18+,19-,23+/m1/s1. The monoisotopic (exact) mass is 419 g/mol. The number of nitrogens with zero attached hydrogens (tertiary/aromatic N) is 2. The number of nitrogens with one attached hydrogen (secondary N) is 1. The van der Waals surface area contributed by atoms with E-state index in [1.54, 1.807) is 55.6 Å². The van der Waals surface area contributed by atoms with E-state index in [9.17, 15) is 24.3 Å². The molecule has 3 aliphatic heterocycles. The van der Waals surface area contributed by atoms with E-state index in [0.29, 0.717) is 16.9 Å².